The summed E-state index contributed by atoms with van der Waals surface area (Å²) in [7, 11) is 0. The second-order valence-corrected chi connectivity index (χ2v) is 5.90. The fourth-order valence-electron chi connectivity index (χ4n) is 2.87. The van der Waals surface area contributed by atoms with E-state index < -0.39 is 0 Å². The van der Waals surface area contributed by atoms with Crippen molar-refractivity contribution in [1.29, 1.82) is 0 Å². The summed E-state index contributed by atoms with van der Waals surface area (Å²) < 4.78 is 5.59. The molecule has 6 nitrogen and oxygen atoms in total. The average Bonchev–Trinajstić information content (AvgIpc) is 3.10. The van der Waals surface area contributed by atoms with E-state index in [2.05, 4.69) is 10.4 Å². The van der Waals surface area contributed by atoms with Gasteiger partial charge in [-0.3, -0.25) is 9.59 Å². The van der Waals surface area contributed by atoms with E-state index in [4.69, 9.17) is 4.74 Å². The Hall–Kier alpha value is -2.21. The Bertz CT molecular complexity index is 609. The molecular weight excluding hydrogens is 294 g/mol. The molecule has 0 aromatic heterocycles. The first kappa shape index (κ1) is 15.7. The van der Waals surface area contributed by atoms with Crippen molar-refractivity contribution < 1.29 is 14.3 Å². The van der Waals surface area contributed by atoms with Crippen LogP contribution in [0, 0.1) is 0 Å². The maximum atomic E-state index is 12.4. The molecule has 1 fully saturated rings. The molecule has 23 heavy (non-hydrogen) atoms. The van der Waals surface area contributed by atoms with Crippen LogP contribution < -0.4 is 10.3 Å². The van der Waals surface area contributed by atoms with E-state index in [0.29, 0.717) is 17.8 Å². The van der Waals surface area contributed by atoms with Gasteiger partial charge in [-0.05, 0) is 31.9 Å². The molecule has 2 heterocycles. The molecule has 0 spiro atoms. The summed E-state index contributed by atoms with van der Waals surface area (Å²) in [5.41, 5.74) is 1.06. The summed E-state index contributed by atoms with van der Waals surface area (Å²) >= 11 is 0. The lowest BCUT2D eigenvalue weighted by atomic mass is 10.1. The number of nitrogens with zero attached hydrogens (tertiary/aromatic N) is 2. The molecule has 0 aliphatic carbocycles. The molecule has 1 aromatic carbocycles. The third kappa shape index (κ3) is 3.59. The lowest BCUT2D eigenvalue weighted by Gasteiger charge is -2.25. The number of rotatable bonds is 4. The highest BCUT2D eigenvalue weighted by Crippen LogP contribution is 2.20. The average molecular weight is 315 g/mol. The van der Waals surface area contributed by atoms with Crippen molar-refractivity contribution in [3.05, 3.63) is 30.3 Å². The van der Waals surface area contributed by atoms with Crippen LogP contribution in [0.4, 0.5) is 5.69 Å². The fourth-order valence-corrected chi connectivity index (χ4v) is 2.87. The summed E-state index contributed by atoms with van der Waals surface area (Å²) in [6.45, 7) is 2.69. The normalized spacial score (nSPS) is 22.7. The molecule has 0 radical (unpaired) electrons. The van der Waals surface area contributed by atoms with Gasteiger partial charge in [-0.2, -0.15) is 5.10 Å². The minimum absolute atomic E-state index is 0.0597. The Balaban J connectivity index is 1.71. The molecule has 1 aromatic rings. The highest BCUT2D eigenvalue weighted by Gasteiger charge is 2.28. The monoisotopic (exact) mass is 315 g/mol. The molecule has 2 aliphatic rings. The predicted octanol–water partition coefficient (Wildman–Crippen LogP) is 1.85. The summed E-state index contributed by atoms with van der Waals surface area (Å²) in [6.07, 6.45) is 2.71. The Morgan fingerprint density at radius 1 is 1.35 bits per heavy atom. The molecule has 1 N–H and O–H groups in total. The van der Waals surface area contributed by atoms with Crippen molar-refractivity contribution >= 4 is 23.2 Å². The molecule has 6 heteroatoms. The largest absolute Gasteiger partial charge is 0.376 e. The number of benzene rings is 1. The quantitative estimate of drug-likeness (QED) is 0.922. The Morgan fingerprint density at radius 3 is 2.83 bits per heavy atom. The lowest BCUT2D eigenvalue weighted by molar-refractivity contribution is -0.119. The highest BCUT2D eigenvalue weighted by molar-refractivity contribution is 6.40. The zero-order valence-electron chi connectivity index (χ0n) is 13.2. The number of carbonyl (C=O) groups is 2. The number of anilines is 1. The zero-order valence-corrected chi connectivity index (χ0v) is 13.2. The van der Waals surface area contributed by atoms with Gasteiger partial charge in [-0.1, -0.05) is 18.2 Å². The van der Waals surface area contributed by atoms with Gasteiger partial charge in [0.05, 0.1) is 17.8 Å². The topological polar surface area (TPSA) is 71.0 Å². The Labute approximate surface area is 135 Å². The van der Waals surface area contributed by atoms with E-state index in [1.165, 1.54) is 5.01 Å². The minimum Gasteiger partial charge on any atom is -0.376 e. The van der Waals surface area contributed by atoms with Crippen LogP contribution in [0.25, 0.3) is 0 Å². The fraction of sp³-hybridized carbons (Fsp3) is 0.471. The van der Waals surface area contributed by atoms with Crippen LogP contribution in [0.1, 0.15) is 32.6 Å². The smallest absolute Gasteiger partial charge is 0.267 e. The highest BCUT2D eigenvalue weighted by atomic mass is 16.5. The van der Waals surface area contributed by atoms with E-state index in [1.54, 1.807) is 12.1 Å². The van der Waals surface area contributed by atoms with Gasteiger partial charge in [0, 0.05) is 19.4 Å². The van der Waals surface area contributed by atoms with E-state index in [9.17, 15) is 9.59 Å². The van der Waals surface area contributed by atoms with Gasteiger partial charge < -0.3 is 10.1 Å². The molecular formula is C17H21N3O3. The summed E-state index contributed by atoms with van der Waals surface area (Å²) in [4.78, 5) is 24.5. The number of hydrogen-bond donors (Lipinski definition) is 1. The van der Waals surface area contributed by atoms with Crippen molar-refractivity contribution in [1.82, 2.24) is 5.32 Å². The predicted molar refractivity (Wildman–Crippen MR) is 87.2 cm³/mol. The second-order valence-electron chi connectivity index (χ2n) is 5.90. The number of para-hydroxylation sites is 1. The molecule has 1 saturated heterocycles. The second kappa shape index (κ2) is 6.91. The van der Waals surface area contributed by atoms with Crippen LogP contribution in [-0.4, -0.2) is 36.3 Å². The molecule has 3 rings (SSSR count). The van der Waals surface area contributed by atoms with Crippen LogP contribution in [0.2, 0.25) is 0 Å². The first-order valence-electron chi connectivity index (χ1n) is 8.03. The van der Waals surface area contributed by atoms with Gasteiger partial charge in [0.2, 0.25) is 5.91 Å². The van der Waals surface area contributed by atoms with Crippen molar-refractivity contribution in [3.63, 3.8) is 0 Å². The van der Waals surface area contributed by atoms with Crippen LogP contribution in [0.5, 0.6) is 0 Å². The van der Waals surface area contributed by atoms with E-state index in [-0.39, 0.29) is 30.4 Å². The zero-order chi connectivity index (χ0) is 16.2. The molecule has 2 amide bonds. The molecule has 0 unspecified atom stereocenters. The Kier molecular flexibility index (Phi) is 4.71. The summed E-state index contributed by atoms with van der Waals surface area (Å²) in [5, 5.41) is 8.52. The lowest BCUT2D eigenvalue weighted by Crippen LogP contribution is -2.46. The van der Waals surface area contributed by atoms with E-state index in [0.717, 1.165) is 19.4 Å². The van der Waals surface area contributed by atoms with Crippen molar-refractivity contribution in [2.45, 2.75) is 44.8 Å². The number of carbonyl (C=O) groups excluding carboxylic acids is 2. The van der Waals surface area contributed by atoms with Crippen LogP contribution >= 0.6 is 0 Å². The van der Waals surface area contributed by atoms with Gasteiger partial charge in [0.1, 0.15) is 5.71 Å². The maximum absolute atomic E-state index is 12.4. The number of hydrazone groups is 1. The van der Waals surface area contributed by atoms with E-state index >= 15 is 0 Å². The van der Waals surface area contributed by atoms with Gasteiger partial charge in [0.15, 0.2) is 0 Å². The molecule has 0 bridgehead atoms. The van der Waals surface area contributed by atoms with E-state index in [1.807, 2.05) is 25.1 Å². The molecule has 122 valence electrons. The Morgan fingerprint density at radius 2 is 2.13 bits per heavy atom. The number of nitrogens with one attached hydrogen (secondary N) is 1. The summed E-state index contributed by atoms with van der Waals surface area (Å²) in [6, 6.07) is 9.10. The van der Waals surface area contributed by atoms with Crippen LogP contribution in [-0.2, 0) is 14.3 Å². The van der Waals surface area contributed by atoms with Gasteiger partial charge in [-0.25, -0.2) is 5.01 Å². The van der Waals surface area contributed by atoms with Crippen LogP contribution in [0.3, 0.4) is 0 Å². The SMILES string of the molecule is C[C@@H](NC(=O)C1=NN(c2ccccc2)C(=O)CC1)[C@@H]1CCCO1. The van der Waals surface area contributed by atoms with Gasteiger partial charge >= 0.3 is 0 Å². The van der Waals surface area contributed by atoms with Crippen LogP contribution in [0.15, 0.2) is 35.4 Å². The minimum atomic E-state index is -0.221. The van der Waals surface area contributed by atoms with Crippen molar-refractivity contribution in [2.24, 2.45) is 5.10 Å². The standard InChI is InChI=1S/C17H21N3O3/c1-12(15-8-5-11-23-15)18-17(22)14-9-10-16(21)20(19-14)13-6-3-2-4-7-13/h2-4,6-7,12,15H,5,8-11H2,1H3,(H,18,22)/t12-,15+/m1/s1. The first-order chi connectivity index (χ1) is 11.1. The van der Waals surface area contributed by atoms with Gasteiger partial charge in [0.25, 0.3) is 5.91 Å². The number of ether oxygens (including phenoxy) is 1. The van der Waals surface area contributed by atoms with Gasteiger partial charge in [-0.15, -0.1) is 0 Å². The number of amides is 2. The number of hydrogen-bond acceptors (Lipinski definition) is 4. The molecule has 2 atom stereocenters. The third-order valence-corrected chi connectivity index (χ3v) is 4.18. The molecule has 0 saturated carbocycles. The summed E-state index contributed by atoms with van der Waals surface area (Å²) in [5.74, 6) is -0.318. The first-order valence-corrected chi connectivity index (χ1v) is 8.03. The molecule has 2 aliphatic heterocycles. The van der Waals surface area contributed by atoms with Crippen molar-refractivity contribution in [3.8, 4) is 0 Å². The maximum Gasteiger partial charge on any atom is 0.267 e. The van der Waals surface area contributed by atoms with Crippen molar-refractivity contribution in [2.75, 3.05) is 11.6 Å². The third-order valence-electron chi connectivity index (χ3n) is 4.18.